The molecule has 4 heterocycles. The fraction of sp³-hybridized carbons (Fsp3) is 0.373. The van der Waals surface area contributed by atoms with Gasteiger partial charge in [0.1, 0.15) is 42.1 Å². The summed E-state index contributed by atoms with van der Waals surface area (Å²) in [5.74, 6) is -4.51. The smallest absolute Gasteiger partial charge is 0.420 e. The van der Waals surface area contributed by atoms with Crippen molar-refractivity contribution in [3.05, 3.63) is 112 Å². The topological polar surface area (TPSA) is 190 Å². The van der Waals surface area contributed by atoms with Crippen molar-refractivity contribution < 1.29 is 64.5 Å². The number of hydrogen-bond donors (Lipinski definition) is 3. The van der Waals surface area contributed by atoms with Crippen molar-refractivity contribution in [2.24, 2.45) is 5.41 Å². The molecule has 3 atom stereocenters. The molecule has 2 aromatic heterocycles. The number of nitrogens with one attached hydrogen (secondary N) is 2. The van der Waals surface area contributed by atoms with Gasteiger partial charge in [0.25, 0.3) is 5.91 Å². The van der Waals surface area contributed by atoms with Gasteiger partial charge in [-0.25, -0.2) is 9.37 Å². The average Bonchev–Trinajstić information content (AvgIpc) is 4.01. The van der Waals surface area contributed by atoms with E-state index < -0.39 is 111 Å². The molecule has 24 heteroatoms. The lowest BCUT2D eigenvalue weighted by atomic mass is 9.85. The number of pyridine rings is 1. The van der Waals surface area contributed by atoms with E-state index in [0.717, 1.165) is 38.9 Å². The van der Waals surface area contributed by atoms with Gasteiger partial charge in [0.05, 0.1) is 69.3 Å². The quantitative estimate of drug-likeness (QED) is 0.0517. The Labute approximate surface area is 435 Å². The molecule has 2 saturated heterocycles. The van der Waals surface area contributed by atoms with Gasteiger partial charge in [-0.3, -0.25) is 29.1 Å². The standard InChI is InChI=1S/C51H49F7N8O7S2/c1-27-42(75-26-62-27)30-9-7-28(8-10-30)22-61-44(69)37-20-33(67)24-64(37)45(70)43(48(2,3)4)63-38(68)25-72-17-18-73-34-14-11-29(12-15-34)41-35(50(53,54)55)19-32(23-60-41)66-47(74)65(46(71)49(66,5)6)36-16-13-31(21-59)39(40(36)52)51(56,57)58/h7-16,19,23,26,33,37,43,67H,17-18,20,22,24-25H2,1-6H3,(H,61,69)(H,63,68)/t33-,37+,43-/m1/s1. The number of aromatic nitrogens is 2. The number of anilines is 2. The summed E-state index contributed by atoms with van der Waals surface area (Å²) in [7, 11) is 0. The largest absolute Gasteiger partial charge is 0.491 e. The number of nitrogens with zero attached hydrogens (tertiary/aromatic N) is 6. The van der Waals surface area contributed by atoms with Crippen molar-refractivity contribution in [2.45, 2.75) is 90.6 Å². The van der Waals surface area contributed by atoms with Crippen molar-refractivity contribution >= 4 is 63.7 Å². The number of ether oxygens (including phenoxy) is 2. The summed E-state index contributed by atoms with van der Waals surface area (Å²) in [6.45, 7) is 8.92. The average molecular weight is 1080 g/mol. The zero-order valence-corrected chi connectivity index (χ0v) is 42.7. The molecule has 75 heavy (non-hydrogen) atoms. The molecule has 0 radical (unpaired) electrons. The van der Waals surface area contributed by atoms with E-state index in [4.69, 9.17) is 21.7 Å². The number of thiocarbonyl (C=S) groups is 1. The number of halogens is 7. The third-order valence-corrected chi connectivity index (χ3v) is 13.8. The Morgan fingerprint density at radius 1 is 0.973 bits per heavy atom. The first kappa shape index (κ1) is 55.7. The number of rotatable bonds is 15. The van der Waals surface area contributed by atoms with E-state index in [1.807, 2.05) is 31.2 Å². The van der Waals surface area contributed by atoms with E-state index >= 15 is 4.39 Å². The molecule has 4 amide bonds. The number of β-amino-alcohol motifs (C(OH)–C–C–N with tert-alkyl or cyclic N) is 1. The number of benzene rings is 3. The van der Waals surface area contributed by atoms with Crippen LogP contribution in [0.3, 0.4) is 0 Å². The van der Waals surface area contributed by atoms with Crippen LogP contribution in [0.15, 0.2) is 78.4 Å². The molecule has 2 aliphatic heterocycles. The van der Waals surface area contributed by atoms with Gasteiger partial charge in [0, 0.05) is 25.1 Å². The molecule has 7 rings (SSSR count). The van der Waals surface area contributed by atoms with Crippen LogP contribution in [0.4, 0.5) is 42.1 Å². The summed E-state index contributed by atoms with van der Waals surface area (Å²) < 4.78 is 112. The Balaban J connectivity index is 0.939. The van der Waals surface area contributed by atoms with Crippen LogP contribution in [0.25, 0.3) is 21.7 Å². The minimum Gasteiger partial charge on any atom is -0.491 e. The van der Waals surface area contributed by atoms with Gasteiger partial charge in [-0.2, -0.15) is 31.6 Å². The summed E-state index contributed by atoms with van der Waals surface area (Å²) in [6, 6.07) is 14.2. The zero-order chi connectivity index (χ0) is 54.9. The fourth-order valence-electron chi connectivity index (χ4n) is 8.65. The van der Waals surface area contributed by atoms with Gasteiger partial charge in [0.15, 0.2) is 10.9 Å². The van der Waals surface area contributed by atoms with E-state index in [2.05, 4.69) is 20.6 Å². The van der Waals surface area contributed by atoms with Crippen LogP contribution in [0.5, 0.6) is 5.75 Å². The minimum atomic E-state index is -5.34. The number of likely N-dealkylation sites (tertiary alicyclic amines) is 1. The van der Waals surface area contributed by atoms with Crippen molar-refractivity contribution in [3.63, 3.8) is 0 Å². The second-order valence-corrected chi connectivity index (χ2v) is 20.4. The number of carbonyl (C=O) groups excluding carboxylic acids is 4. The Hall–Kier alpha value is -7.07. The Morgan fingerprint density at radius 3 is 2.24 bits per heavy atom. The third-order valence-electron chi connectivity index (χ3n) is 12.4. The number of aryl methyl sites for hydroxylation is 1. The van der Waals surface area contributed by atoms with Gasteiger partial charge < -0.3 is 35.0 Å². The van der Waals surface area contributed by atoms with Crippen LogP contribution in [0.1, 0.15) is 69.0 Å². The fourth-order valence-corrected chi connectivity index (χ4v) is 9.97. The Bertz CT molecular complexity index is 3050. The lowest BCUT2D eigenvalue weighted by molar-refractivity contribution is -0.144. The maximum Gasteiger partial charge on any atom is 0.420 e. The predicted molar refractivity (Wildman–Crippen MR) is 265 cm³/mol. The maximum atomic E-state index is 15.5. The molecular weight excluding hydrogens is 1030 g/mol. The number of aliphatic hydroxyl groups is 1. The van der Waals surface area contributed by atoms with Gasteiger partial charge in [-0.05, 0) is 92.0 Å². The predicted octanol–water partition coefficient (Wildman–Crippen LogP) is 8.35. The van der Waals surface area contributed by atoms with Gasteiger partial charge >= 0.3 is 12.4 Å². The van der Waals surface area contributed by atoms with Crippen molar-refractivity contribution in [2.75, 3.05) is 36.2 Å². The van der Waals surface area contributed by atoms with Crippen LogP contribution in [0, 0.1) is 29.5 Å². The van der Waals surface area contributed by atoms with Gasteiger partial charge in [-0.1, -0.05) is 45.0 Å². The molecule has 3 aromatic carbocycles. The molecule has 0 unspecified atom stereocenters. The number of thiazole rings is 1. The Kier molecular flexibility index (Phi) is 16.1. The molecule has 3 N–H and O–H groups in total. The molecule has 0 bridgehead atoms. The molecule has 0 aliphatic carbocycles. The summed E-state index contributed by atoms with van der Waals surface area (Å²) in [5.41, 5.74) is -4.36. The highest BCUT2D eigenvalue weighted by molar-refractivity contribution is 7.81. The lowest BCUT2D eigenvalue weighted by Crippen LogP contribution is -2.58. The lowest BCUT2D eigenvalue weighted by Gasteiger charge is -2.35. The zero-order valence-electron chi connectivity index (χ0n) is 41.0. The molecular formula is C51H49F7N8O7S2. The minimum absolute atomic E-state index is 0.00477. The summed E-state index contributed by atoms with van der Waals surface area (Å²) in [5, 5.41) is 24.7. The van der Waals surface area contributed by atoms with Gasteiger partial charge in [-0.15, -0.1) is 11.3 Å². The van der Waals surface area contributed by atoms with Crippen molar-refractivity contribution in [1.82, 2.24) is 25.5 Å². The molecule has 0 saturated carbocycles. The van der Waals surface area contributed by atoms with E-state index in [0.29, 0.717) is 17.0 Å². The molecule has 2 fully saturated rings. The first-order valence-corrected chi connectivity index (χ1v) is 24.3. The highest BCUT2D eigenvalue weighted by Crippen LogP contribution is 2.44. The van der Waals surface area contributed by atoms with E-state index in [1.54, 1.807) is 26.3 Å². The molecule has 396 valence electrons. The first-order chi connectivity index (χ1) is 35.1. The number of nitriles is 1. The SMILES string of the molecule is Cc1ncsc1-c1ccc(CNC(=O)[C@@H]2C[C@@H](O)CN2C(=O)[C@@H](NC(=O)COCCOc2ccc(-c3ncc(N4C(=S)N(c5ccc(C#N)c(C(F)(F)F)c5F)C(=O)C4(C)C)cc3C(F)(F)F)cc2)C(C)(C)C)cc1. The number of aliphatic hydroxyl groups excluding tert-OH is 1. The van der Waals surface area contributed by atoms with Gasteiger partial charge in [0.2, 0.25) is 17.7 Å². The van der Waals surface area contributed by atoms with Crippen LogP contribution in [0.2, 0.25) is 0 Å². The molecule has 0 spiro atoms. The van der Waals surface area contributed by atoms with Crippen LogP contribution >= 0.6 is 23.6 Å². The highest BCUT2D eigenvalue weighted by atomic mass is 32.1. The third kappa shape index (κ3) is 11.9. The molecule has 15 nitrogen and oxygen atoms in total. The van der Waals surface area contributed by atoms with Crippen molar-refractivity contribution in [1.29, 1.82) is 5.26 Å². The normalized spacial score (nSPS) is 17.3. The van der Waals surface area contributed by atoms with Crippen LogP contribution < -0.4 is 25.2 Å². The number of amides is 4. The monoisotopic (exact) mass is 1080 g/mol. The van der Waals surface area contributed by atoms with E-state index in [-0.39, 0.29) is 49.7 Å². The van der Waals surface area contributed by atoms with Crippen LogP contribution in [-0.4, -0.2) is 98.8 Å². The van der Waals surface area contributed by atoms with E-state index in [9.17, 15) is 55.9 Å². The summed E-state index contributed by atoms with van der Waals surface area (Å²) >= 11 is 6.91. The molecule has 5 aromatic rings. The molecule has 2 aliphatic rings. The highest BCUT2D eigenvalue weighted by Gasteiger charge is 2.53. The number of carbonyl (C=O) groups is 4. The second-order valence-electron chi connectivity index (χ2n) is 19.2. The number of hydrogen-bond acceptors (Lipinski definition) is 12. The second kappa shape index (κ2) is 21.6. The van der Waals surface area contributed by atoms with E-state index in [1.165, 1.54) is 60.4 Å². The summed E-state index contributed by atoms with van der Waals surface area (Å²) in [4.78, 5) is 66.3. The number of alkyl halides is 6. The van der Waals surface area contributed by atoms with Crippen molar-refractivity contribution in [3.8, 4) is 33.5 Å². The Morgan fingerprint density at radius 2 is 1.64 bits per heavy atom. The summed E-state index contributed by atoms with van der Waals surface area (Å²) in [6.07, 6.45) is -10.4. The van der Waals surface area contributed by atoms with Crippen LogP contribution in [-0.2, 0) is 42.8 Å². The first-order valence-electron chi connectivity index (χ1n) is 23.0. The maximum absolute atomic E-state index is 15.5.